The van der Waals surface area contributed by atoms with Crippen molar-refractivity contribution in [2.45, 2.75) is 19.7 Å². The molecule has 2 heterocycles. The molecule has 0 aliphatic rings. The number of nitrogens with zero attached hydrogens (tertiary/aromatic N) is 6. The Bertz CT molecular complexity index is 1370. The molecule has 2 aromatic carbocycles. The quantitative estimate of drug-likeness (QED) is 0.412. The van der Waals surface area contributed by atoms with Gasteiger partial charge >= 0.3 is 11.9 Å². The van der Waals surface area contributed by atoms with Gasteiger partial charge in [0.25, 0.3) is 5.78 Å². The summed E-state index contributed by atoms with van der Waals surface area (Å²) in [5.41, 5.74) is 1.70. The fraction of sp³-hybridized carbons (Fsp3) is 0.190. The maximum atomic E-state index is 12.6. The van der Waals surface area contributed by atoms with E-state index in [4.69, 9.17) is 4.74 Å². The molecule has 0 atom stereocenters. The second-order valence-electron chi connectivity index (χ2n) is 7.13. The predicted molar refractivity (Wildman–Crippen MR) is 110 cm³/mol. The summed E-state index contributed by atoms with van der Waals surface area (Å²) in [6.07, 6.45) is -3.36. The van der Waals surface area contributed by atoms with Gasteiger partial charge in [0.1, 0.15) is 6.61 Å². The van der Waals surface area contributed by atoms with Crippen LogP contribution in [0.4, 0.5) is 13.2 Å². The van der Waals surface area contributed by atoms with E-state index in [1.807, 2.05) is 13.0 Å². The lowest BCUT2D eigenvalue weighted by atomic mass is 10.1. The van der Waals surface area contributed by atoms with Crippen LogP contribution >= 0.6 is 0 Å². The van der Waals surface area contributed by atoms with Crippen LogP contribution in [0.5, 0.6) is 5.88 Å². The van der Waals surface area contributed by atoms with Crippen LogP contribution in [0.3, 0.4) is 0 Å². The molecular formula is C21H17F3N6O3. The van der Waals surface area contributed by atoms with Crippen molar-refractivity contribution in [3.05, 3.63) is 81.9 Å². The number of alkyl halides is 3. The molecule has 0 amide bonds. The Morgan fingerprint density at radius 3 is 2.42 bits per heavy atom. The lowest BCUT2D eigenvalue weighted by molar-refractivity contribution is -0.0885. The van der Waals surface area contributed by atoms with E-state index in [9.17, 15) is 22.8 Å². The number of halogens is 3. The smallest absolute Gasteiger partial charge is 0.454 e. The number of rotatable bonds is 6. The highest BCUT2D eigenvalue weighted by Crippen LogP contribution is 2.23. The van der Waals surface area contributed by atoms with E-state index in [1.54, 1.807) is 24.4 Å². The third kappa shape index (κ3) is 4.40. The van der Waals surface area contributed by atoms with Gasteiger partial charge in [-0.25, -0.2) is 9.48 Å². The Morgan fingerprint density at radius 2 is 1.79 bits per heavy atom. The summed E-state index contributed by atoms with van der Waals surface area (Å²) in [5.74, 6) is -1.65. The van der Waals surface area contributed by atoms with Crippen molar-refractivity contribution < 1.29 is 22.7 Å². The molecular weight excluding hydrogens is 441 g/mol. The normalized spacial score (nSPS) is 11.5. The number of Topliss-reactive ketones (excluding diaryl/α,β-unsaturated/α-hetero) is 1. The van der Waals surface area contributed by atoms with Crippen LogP contribution in [-0.4, -0.2) is 41.5 Å². The van der Waals surface area contributed by atoms with Gasteiger partial charge in [-0.2, -0.15) is 22.5 Å². The number of tetrazole rings is 1. The number of benzene rings is 2. The van der Waals surface area contributed by atoms with E-state index in [-0.39, 0.29) is 12.5 Å². The molecule has 0 saturated heterocycles. The number of carbonyl (C=O) groups excluding carboxylic acids is 1. The number of ketones is 1. The minimum atomic E-state index is -4.93. The van der Waals surface area contributed by atoms with Gasteiger partial charge in [-0.05, 0) is 53.2 Å². The van der Waals surface area contributed by atoms with Crippen LogP contribution in [0.2, 0.25) is 0 Å². The number of aromatic nitrogens is 6. The number of hydrogen-bond acceptors (Lipinski definition) is 6. The summed E-state index contributed by atoms with van der Waals surface area (Å²) in [7, 11) is 1.50. The molecule has 9 nitrogen and oxygen atoms in total. The summed E-state index contributed by atoms with van der Waals surface area (Å²) in [6, 6.07) is 11.9. The van der Waals surface area contributed by atoms with E-state index in [1.165, 1.54) is 28.5 Å². The monoisotopic (exact) mass is 458 g/mol. The van der Waals surface area contributed by atoms with Crippen molar-refractivity contribution in [2.24, 2.45) is 7.05 Å². The lowest BCUT2D eigenvalue weighted by Gasteiger charge is -2.11. The molecule has 0 bridgehead atoms. The maximum absolute atomic E-state index is 12.6. The first-order valence-electron chi connectivity index (χ1n) is 9.63. The summed E-state index contributed by atoms with van der Waals surface area (Å²) >= 11 is 0. The average Bonchev–Trinajstić information content (AvgIpc) is 3.39. The summed E-state index contributed by atoms with van der Waals surface area (Å²) in [4.78, 5) is 23.6. The van der Waals surface area contributed by atoms with Crippen LogP contribution in [0.25, 0.3) is 11.4 Å². The number of hydrogen-bond donors (Lipinski definition) is 0. The highest BCUT2D eigenvalue weighted by atomic mass is 19.4. The minimum absolute atomic E-state index is 0.0844. The van der Waals surface area contributed by atoms with Gasteiger partial charge in [0.15, 0.2) is 0 Å². The highest BCUT2D eigenvalue weighted by molar-refractivity contribution is 6.00. The molecule has 0 spiro atoms. The molecule has 0 radical (unpaired) electrons. The van der Waals surface area contributed by atoms with E-state index in [2.05, 4.69) is 15.5 Å². The van der Waals surface area contributed by atoms with Gasteiger partial charge in [0.05, 0.1) is 11.4 Å². The van der Waals surface area contributed by atoms with Crippen LogP contribution < -0.4 is 10.4 Å². The molecule has 0 aliphatic carbocycles. The number of carbonyl (C=O) groups is 1. The van der Waals surface area contributed by atoms with E-state index in [0.29, 0.717) is 16.9 Å². The zero-order valence-corrected chi connectivity index (χ0v) is 17.4. The first-order chi connectivity index (χ1) is 15.6. The molecule has 12 heteroatoms. The summed E-state index contributed by atoms with van der Waals surface area (Å²) < 4.78 is 47.2. The van der Waals surface area contributed by atoms with Crippen molar-refractivity contribution in [1.82, 2.24) is 29.6 Å². The van der Waals surface area contributed by atoms with Crippen molar-refractivity contribution >= 4 is 5.78 Å². The van der Waals surface area contributed by atoms with Crippen molar-refractivity contribution in [1.29, 1.82) is 0 Å². The molecule has 0 unspecified atom stereocenters. The van der Waals surface area contributed by atoms with Crippen LogP contribution in [-0.2, 0) is 13.7 Å². The SMILES string of the molecule is Cc1cccc(-n2nnn(C)c2=O)c1COc1ccn(-c2ccc(C(=O)C(F)(F)F)cc2)n1. The fourth-order valence-corrected chi connectivity index (χ4v) is 3.14. The number of ether oxygens (including phenoxy) is 1. The average molecular weight is 458 g/mol. The first kappa shape index (κ1) is 22.0. The third-order valence-corrected chi connectivity index (χ3v) is 4.92. The van der Waals surface area contributed by atoms with Crippen molar-refractivity contribution in [3.63, 3.8) is 0 Å². The molecule has 0 N–H and O–H groups in total. The standard InChI is InChI=1S/C21H17F3N6O3/c1-13-4-3-5-17(30-20(32)28(2)26-27-30)16(13)12-33-18-10-11-29(25-18)15-8-6-14(7-9-15)19(31)21(22,23)24/h3-11H,12H2,1-2H3. The largest absolute Gasteiger partial charge is 0.472 e. The zero-order valence-electron chi connectivity index (χ0n) is 17.4. The van der Waals surface area contributed by atoms with Crippen molar-refractivity contribution in [2.75, 3.05) is 0 Å². The van der Waals surface area contributed by atoms with Crippen molar-refractivity contribution in [3.8, 4) is 17.3 Å². The Labute approximate surface area is 184 Å². The second-order valence-corrected chi connectivity index (χ2v) is 7.13. The van der Waals surface area contributed by atoms with Crippen LogP contribution in [0.15, 0.2) is 59.5 Å². The predicted octanol–water partition coefficient (Wildman–Crippen LogP) is 2.78. The van der Waals surface area contributed by atoms with Gasteiger partial charge < -0.3 is 4.74 Å². The fourth-order valence-electron chi connectivity index (χ4n) is 3.14. The lowest BCUT2D eigenvalue weighted by Crippen LogP contribution is -2.23. The third-order valence-electron chi connectivity index (χ3n) is 4.92. The van der Waals surface area contributed by atoms with Gasteiger partial charge in [-0.3, -0.25) is 4.79 Å². The Hall–Kier alpha value is -4.22. The highest BCUT2D eigenvalue weighted by Gasteiger charge is 2.39. The maximum Gasteiger partial charge on any atom is 0.454 e. The van der Waals surface area contributed by atoms with Crippen LogP contribution in [0.1, 0.15) is 21.5 Å². The molecule has 0 aliphatic heterocycles. The summed E-state index contributed by atoms with van der Waals surface area (Å²) in [5, 5.41) is 11.9. The van der Waals surface area contributed by atoms with Gasteiger partial charge in [-0.15, -0.1) is 5.10 Å². The van der Waals surface area contributed by atoms with E-state index in [0.717, 1.165) is 22.4 Å². The van der Waals surface area contributed by atoms with E-state index < -0.39 is 23.2 Å². The van der Waals surface area contributed by atoms with Crippen LogP contribution in [0, 0.1) is 6.92 Å². The number of aryl methyl sites for hydroxylation is 2. The minimum Gasteiger partial charge on any atom is -0.472 e. The molecule has 0 saturated carbocycles. The Kier molecular flexibility index (Phi) is 5.58. The second kappa shape index (κ2) is 8.37. The molecule has 0 fully saturated rings. The van der Waals surface area contributed by atoms with Gasteiger partial charge in [0, 0.05) is 30.4 Å². The molecule has 33 heavy (non-hydrogen) atoms. The van der Waals surface area contributed by atoms with Gasteiger partial charge in [0.2, 0.25) is 5.88 Å². The first-order valence-corrected chi connectivity index (χ1v) is 9.63. The molecule has 4 rings (SSSR count). The summed E-state index contributed by atoms with van der Waals surface area (Å²) in [6.45, 7) is 1.95. The zero-order chi connectivity index (χ0) is 23.8. The molecule has 2 aromatic heterocycles. The van der Waals surface area contributed by atoms with Gasteiger partial charge in [-0.1, -0.05) is 12.1 Å². The molecule has 170 valence electrons. The Morgan fingerprint density at radius 1 is 1.06 bits per heavy atom. The van der Waals surface area contributed by atoms with E-state index >= 15 is 0 Å². The Balaban J connectivity index is 1.52. The topological polar surface area (TPSA) is 96.8 Å². The molecule has 4 aromatic rings.